The van der Waals surface area contributed by atoms with Crippen LogP contribution in [0.3, 0.4) is 0 Å². The molecule has 0 radical (unpaired) electrons. The number of hydrogen-bond acceptors (Lipinski definition) is 5. The number of carbonyl (C=O) groups excluding carboxylic acids is 3. The number of Topliss-reactive ketones (excluding diaryl/α,β-unsaturated/α-hetero) is 1. The van der Waals surface area contributed by atoms with Crippen molar-refractivity contribution >= 4 is 34.8 Å². The summed E-state index contributed by atoms with van der Waals surface area (Å²) in [5.74, 6) is -1.35. The molecule has 1 aromatic carbocycles. The molecule has 1 fully saturated rings. The van der Waals surface area contributed by atoms with E-state index in [0.717, 1.165) is 5.69 Å². The minimum atomic E-state index is -1.10. The second-order valence-corrected chi connectivity index (χ2v) is 9.26. The minimum absolute atomic E-state index is 0.0853. The van der Waals surface area contributed by atoms with E-state index < -0.39 is 23.9 Å². The molecule has 3 N–H and O–H groups in total. The zero-order valence-electron chi connectivity index (χ0n) is 19.5. The Bertz CT molecular complexity index is 1300. The van der Waals surface area contributed by atoms with Crippen molar-refractivity contribution in [2.45, 2.75) is 25.4 Å². The molecule has 0 saturated heterocycles. The number of hydrogen-bond donors (Lipinski definition) is 3. The van der Waals surface area contributed by atoms with Crippen molar-refractivity contribution in [1.29, 1.82) is 0 Å². The molecule has 2 heterocycles. The molecule has 2 aliphatic carbocycles. The van der Waals surface area contributed by atoms with Gasteiger partial charge in [0, 0.05) is 50.1 Å². The van der Waals surface area contributed by atoms with Gasteiger partial charge < -0.3 is 20.5 Å². The fourth-order valence-corrected chi connectivity index (χ4v) is 4.51. The highest BCUT2D eigenvalue weighted by Crippen LogP contribution is 2.41. The predicted molar refractivity (Wildman–Crippen MR) is 130 cm³/mol. The van der Waals surface area contributed by atoms with Gasteiger partial charge in [0.25, 0.3) is 0 Å². The number of nitrogens with one attached hydrogen (secondary N) is 3. The van der Waals surface area contributed by atoms with Gasteiger partial charge in [-0.1, -0.05) is 18.2 Å². The summed E-state index contributed by atoms with van der Waals surface area (Å²) in [5.41, 5.74) is 3.99. The van der Waals surface area contributed by atoms with Gasteiger partial charge >= 0.3 is 0 Å². The van der Waals surface area contributed by atoms with E-state index in [2.05, 4.69) is 20.6 Å². The predicted octanol–water partition coefficient (Wildman–Crippen LogP) is 3.95. The van der Waals surface area contributed by atoms with Gasteiger partial charge in [0.15, 0.2) is 5.78 Å². The van der Waals surface area contributed by atoms with Gasteiger partial charge in [-0.15, -0.1) is 0 Å². The Kier molecular flexibility index (Phi) is 5.84. The summed E-state index contributed by atoms with van der Waals surface area (Å²) in [4.78, 5) is 47.2. The maximum Gasteiger partial charge on any atom is 0.231 e. The molecule has 0 bridgehead atoms. The summed E-state index contributed by atoms with van der Waals surface area (Å²) in [7, 11) is 3.37. The van der Waals surface area contributed by atoms with Crippen LogP contribution in [0, 0.1) is 11.8 Å². The summed E-state index contributed by atoms with van der Waals surface area (Å²) in [6.45, 7) is 0. The first-order valence-corrected chi connectivity index (χ1v) is 11.5. The van der Waals surface area contributed by atoms with Crippen molar-refractivity contribution < 1.29 is 18.8 Å². The van der Waals surface area contributed by atoms with Crippen LogP contribution in [-0.2, 0) is 16.0 Å². The van der Waals surface area contributed by atoms with E-state index in [0.29, 0.717) is 40.4 Å². The van der Waals surface area contributed by atoms with E-state index in [4.69, 9.17) is 0 Å². The van der Waals surface area contributed by atoms with Crippen LogP contribution in [0.25, 0.3) is 11.3 Å². The average molecular weight is 476 g/mol. The molecule has 3 aromatic rings. The fourth-order valence-electron chi connectivity index (χ4n) is 4.51. The first-order valence-electron chi connectivity index (χ1n) is 11.5. The SMILES string of the molecule is CN(C)C(=O)C1CC(=O)c2c([nH]c(-c3ccnc(NC(=O)[C@H]4C[C@H]4F)c3)c2Nc2ccccc2)C1. The second kappa shape index (κ2) is 8.98. The second-order valence-electron chi connectivity index (χ2n) is 9.26. The number of pyridine rings is 1. The molecule has 5 rings (SSSR count). The molecule has 2 amide bonds. The van der Waals surface area contributed by atoms with Crippen LogP contribution in [0.1, 0.15) is 28.9 Å². The number of benzene rings is 1. The number of amides is 2. The maximum atomic E-state index is 13.3. The highest BCUT2D eigenvalue weighted by atomic mass is 19.1. The number of carbonyl (C=O) groups is 3. The van der Waals surface area contributed by atoms with Crippen molar-refractivity contribution in [2.24, 2.45) is 11.8 Å². The Morgan fingerprint density at radius 1 is 1.14 bits per heavy atom. The molecule has 9 heteroatoms. The maximum absolute atomic E-state index is 13.3. The van der Waals surface area contributed by atoms with Crippen LogP contribution in [0.4, 0.5) is 21.6 Å². The molecular formula is C26H26FN5O3. The van der Waals surface area contributed by atoms with Crippen molar-refractivity contribution in [3.05, 3.63) is 59.9 Å². The van der Waals surface area contributed by atoms with E-state index >= 15 is 0 Å². The smallest absolute Gasteiger partial charge is 0.231 e. The number of nitrogens with zero attached hydrogens (tertiary/aromatic N) is 2. The summed E-state index contributed by atoms with van der Waals surface area (Å²) >= 11 is 0. The van der Waals surface area contributed by atoms with Crippen molar-refractivity contribution in [3.8, 4) is 11.3 Å². The lowest BCUT2D eigenvalue weighted by atomic mass is 9.85. The van der Waals surface area contributed by atoms with Gasteiger partial charge in [-0.2, -0.15) is 0 Å². The molecule has 2 aliphatic rings. The third-order valence-corrected chi connectivity index (χ3v) is 6.42. The average Bonchev–Trinajstić information content (AvgIpc) is 3.47. The van der Waals surface area contributed by atoms with Gasteiger partial charge in [-0.3, -0.25) is 14.4 Å². The van der Waals surface area contributed by atoms with E-state index in [-0.39, 0.29) is 24.5 Å². The molecule has 8 nitrogen and oxygen atoms in total. The third kappa shape index (κ3) is 4.53. The molecule has 180 valence electrons. The van der Waals surface area contributed by atoms with Gasteiger partial charge in [0.2, 0.25) is 11.8 Å². The van der Waals surface area contributed by atoms with Crippen LogP contribution in [0.5, 0.6) is 0 Å². The lowest BCUT2D eigenvalue weighted by Crippen LogP contribution is -2.35. The number of anilines is 3. The van der Waals surface area contributed by atoms with Gasteiger partial charge in [0.1, 0.15) is 12.0 Å². The van der Waals surface area contributed by atoms with E-state index in [1.165, 1.54) is 4.90 Å². The number of H-pyrrole nitrogens is 1. The molecule has 0 spiro atoms. The van der Waals surface area contributed by atoms with Crippen LogP contribution < -0.4 is 10.6 Å². The summed E-state index contributed by atoms with van der Waals surface area (Å²) in [6.07, 6.45) is 1.23. The van der Waals surface area contributed by atoms with Crippen LogP contribution in [0.15, 0.2) is 48.7 Å². The van der Waals surface area contributed by atoms with Crippen molar-refractivity contribution in [1.82, 2.24) is 14.9 Å². The van der Waals surface area contributed by atoms with E-state index in [1.54, 1.807) is 32.4 Å². The van der Waals surface area contributed by atoms with Crippen molar-refractivity contribution in [3.63, 3.8) is 0 Å². The first-order chi connectivity index (χ1) is 16.8. The Labute approximate surface area is 201 Å². The zero-order valence-corrected chi connectivity index (χ0v) is 19.5. The molecule has 0 aliphatic heterocycles. The number of para-hydroxylation sites is 1. The number of alkyl halides is 1. The largest absolute Gasteiger partial charge is 0.356 e. The Hall–Kier alpha value is -4.01. The van der Waals surface area contributed by atoms with Crippen LogP contribution in [0.2, 0.25) is 0 Å². The molecule has 2 aromatic heterocycles. The van der Waals surface area contributed by atoms with Crippen LogP contribution >= 0.6 is 0 Å². The summed E-state index contributed by atoms with van der Waals surface area (Å²) in [6, 6.07) is 12.9. The molecule has 35 heavy (non-hydrogen) atoms. The first kappa shape index (κ1) is 22.8. The highest BCUT2D eigenvalue weighted by Gasteiger charge is 2.43. The number of halogens is 1. The molecule has 1 unspecified atom stereocenters. The molecule has 3 atom stereocenters. The van der Waals surface area contributed by atoms with Gasteiger partial charge in [-0.25, -0.2) is 9.37 Å². The minimum Gasteiger partial charge on any atom is -0.356 e. The monoisotopic (exact) mass is 475 g/mol. The third-order valence-electron chi connectivity index (χ3n) is 6.42. The van der Waals surface area contributed by atoms with Crippen LogP contribution in [-0.4, -0.2) is 52.7 Å². The van der Waals surface area contributed by atoms with Crippen molar-refractivity contribution in [2.75, 3.05) is 24.7 Å². The number of fused-ring (bicyclic) bond motifs is 1. The Morgan fingerprint density at radius 2 is 1.89 bits per heavy atom. The highest BCUT2D eigenvalue weighted by molar-refractivity contribution is 6.09. The fraction of sp³-hybridized carbons (Fsp3) is 0.308. The molecular weight excluding hydrogens is 449 g/mol. The molecule has 1 saturated carbocycles. The summed E-state index contributed by atoms with van der Waals surface area (Å²) < 4.78 is 13.3. The number of aromatic nitrogens is 2. The Morgan fingerprint density at radius 3 is 2.57 bits per heavy atom. The lowest BCUT2D eigenvalue weighted by Gasteiger charge is -2.24. The normalized spacial score (nSPS) is 20.7. The number of aromatic amines is 1. The van der Waals surface area contributed by atoms with Gasteiger partial charge in [0.05, 0.1) is 28.8 Å². The topological polar surface area (TPSA) is 107 Å². The zero-order chi connectivity index (χ0) is 24.7. The quantitative estimate of drug-likeness (QED) is 0.501. The van der Waals surface area contributed by atoms with E-state index in [9.17, 15) is 18.8 Å². The number of ketones is 1. The number of rotatable bonds is 6. The lowest BCUT2D eigenvalue weighted by molar-refractivity contribution is -0.133. The summed E-state index contributed by atoms with van der Waals surface area (Å²) in [5, 5.41) is 6.04. The Balaban J connectivity index is 1.54. The van der Waals surface area contributed by atoms with Gasteiger partial charge in [-0.05, 0) is 30.7 Å². The standard InChI is InChI=1S/C26H26FN5O3/c1-32(2)26(35)15-10-19-22(20(33)11-15)24(29-16-6-4-3-5-7-16)23(30-19)14-8-9-28-21(12-14)31-25(34)17-13-18(17)27/h3-9,12,15,17-18,29-30H,10-11,13H2,1-2H3,(H,28,31,34)/t15?,17-,18+/m0/s1. The van der Waals surface area contributed by atoms with E-state index in [1.807, 2.05) is 30.3 Å².